The van der Waals surface area contributed by atoms with Crippen molar-refractivity contribution in [2.24, 2.45) is 4.99 Å². The zero-order valence-corrected chi connectivity index (χ0v) is 16.8. The van der Waals surface area contributed by atoms with Gasteiger partial charge in [0.2, 0.25) is 16.2 Å². The fraction of sp³-hybridized carbons (Fsp3) is 0.368. The van der Waals surface area contributed by atoms with E-state index in [-0.39, 0.29) is 5.91 Å². The molecule has 8 nitrogen and oxygen atoms in total. The van der Waals surface area contributed by atoms with Gasteiger partial charge in [0.1, 0.15) is 0 Å². The smallest absolute Gasteiger partial charge is 0.223 e. The van der Waals surface area contributed by atoms with Crippen LogP contribution in [0.25, 0.3) is 5.70 Å². The molecule has 146 valence electrons. The number of aromatic nitrogens is 2. The summed E-state index contributed by atoms with van der Waals surface area (Å²) < 4.78 is 0. The van der Waals surface area contributed by atoms with Crippen LogP contribution in [0, 0.1) is 0 Å². The van der Waals surface area contributed by atoms with Gasteiger partial charge in [0, 0.05) is 50.4 Å². The minimum Gasteiger partial charge on any atom is -0.346 e. The van der Waals surface area contributed by atoms with Crippen molar-refractivity contribution in [1.29, 1.82) is 0 Å². The predicted octanol–water partition coefficient (Wildman–Crippen LogP) is 2.61. The topological polar surface area (TPSA) is 85.8 Å². The molecule has 0 aliphatic carbocycles. The first kappa shape index (κ1) is 18.6. The van der Waals surface area contributed by atoms with Gasteiger partial charge < -0.3 is 15.5 Å². The van der Waals surface area contributed by atoms with Crippen LogP contribution < -0.4 is 15.5 Å². The maximum atomic E-state index is 11.1. The summed E-state index contributed by atoms with van der Waals surface area (Å²) in [5, 5.41) is 15.4. The third-order valence-electron chi connectivity index (χ3n) is 5.10. The molecule has 2 aliphatic heterocycles. The number of piperazine rings is 1. The SMILES string of the molecule is C=C1NC=Nc2cc(C(C)N3CCN(c4nnc(NC(C)=O)s4)CC3)ccc21. The van der Waals surface area contributed by atoms with Crippen LogP contribution in [0.2, 0.25) is 0 Å². The predicted molar refractivity (Wildman–Crippen MR) is 113 cm³/mol. The van der Waals surface area contributed by atoms with Crippen LogP contribution >= 0.6 is 11.3 Å². The second-order valence-corrected chi connectivity index (χ2v) is 7.88. The van der Waals surface area contributed by atoms with Crippen LogP contribution in [0.4, 0.5) is 16.0 Å². The molecule has 1 amide bonds. The highest BCUT2D eigenvalue weighted by Crippen LogP contribution is 2.32. The summed E-state index contributed by atoms with van der Waals surface area (Å²) in [5.74, 6) is -0.130. The molecular formula is C19H23N7OS. The molecule has 4 rings (SSSR count). The third kappa shape index (κ3) is 3.76. The van der Waals surface area contributed by atoms with E-state index in [9.17, 15) is 4.79 Å². The van der Waals surface area contributed by atoms with Crippen molar-refractivity contribution >= 4 is 45.2 Å². The van der Waals surface area contributed by atoms with Crippen molar-refractivity contribution < 1.29 is 4.79 Å². The molecule has 0 saturated carbocycles. The highest BCUT2D eigenvalue weighted by Gasteiger charge is 2.25. The number of benzene rings is 1. The maximum absolute atomic E-state index is 11.1. The number of rotatable bonds is 4. The van der Waals surface area contributed by atoms with Gasteiger partial charge in [-0.05, 0) is 18.6 Å². The highest BCUT2D eigenvalue weighted by molar-refractivity contribution is 7.19. The first-order valence-corrected chi connectivity index (χ1v) is 10.1. The van der Waals surface area contributed by atoms with Crippen LogP contribution in [-0.4, -0.2) is 53.5 Å². The number of nitrogens with zero attached hydrogens (tertiary/aromatic N) is 5. The van der Waals surface area contributed by atoms with Gasteiger partial charge in [0.25, 0.3) is 0 Å². The van der Waals surface area contributed by atoms with E-state index in [4.69, 9.17) is 0 Å². The van der Waals surface area contributed by atoms with E-state index >= 15 is 0 Å². The molecule has 0 spiro atoms. The molecule has 0 radical (unpaired) electrons. The normalized spacial score (nSPS) is 17.8. The lowest BCUT2D eigenvalue weighted by atomic mass is 10.0. The second-order valence-electron chi connectivity index (χ2n) is 6.93. The van der Waals surface area contributed by atoms with Gasteiger partial charge in [-0.15, -0.1) is 10.2 Å². The molecule has 1 aromatic heterocycles. The summed E-state index contributed by atoms with van der Waals surface area (Å²) in [6, 6.07) is 6.71. The van der Waals surface area contributed by atoms with Gasteiger partial charge in [-0.3, -0.25) is 9.69 Å². The number of amides is 1. The first-order chi connectivity index (χ1) is 13.5. The number of anilines is 2. The monoisotopic (exact) mass is 397 g/mol. The molecule has 28 heavy (non-hydrogen) atoms. The quantitative estimate of drug-likeness (QED) is 0.825. The molecule has 3 heterocycles. The number of nitrogens with one attached hydrogen (secondary N) is 2. The van der Waals surface area contributed by atoms with Gasteiger partial charge >= 0.3 is 0 Å². The van der Waals surface area contributed by atoms with E-state index in [0.29, 0.717) is 11.2 Å². The third-order valence-corrected chi connectivity index (χ3v) is 6.00. The Morgan fingerprint density at radius 1 is 1.29 bits per heavy atom. The van der Waals surface area contributed by atoms with Gasteiger partial charge in [-0.1, -0.05) is 30.0 Å². The highest BCUT2D eigenvalue weighted by atomic mass is 32.1. The molecular weight excluding hydrogens is 374 g/mol. The minimum atomic E-state index is -0.130. The lowest BCUT2D eigenvalue weighted by Gasteiger charge is -2.38. The number of hydrogen-bond acceptors (Lipinski definition) is 8. The molecule has 1 aromatic carbocycles. The Balaban J connectivity index is 1.40. The number of carbonyl (C=O) groups excluding carboxylic acids is 1. The number of hydrogen-bond donors (Lipinski definition) is 2. The van der Waals surface area contributed by atoms with Gasteiger partial charge in [0.15, 0.2) is 0 Å². The zero-order valence-electron chi connectivity index (χ0n) is 16.0. The summed E-state index contributed by atoms with van der Waals surface area (Å²) in [4.78, 5) is 20.3. The molecule has 1 fully saturated rings. The summed E-state index contributed by atoms with van der Waals surface area (Å²) >= 11 is 1.41. The van der Waals surface area contributed by atoms with Crippen LogP contribution in [0.3, 0.4) is 0 Å². The van der Waals surface area contributed by atoms with Gasteiger partial charge in [-0.25, -0.2) is 4.99 Å². The van der Waals surface area contributed by atoms with E-state index < -0.39 is 0 Å². The lowest BCUT2D eigenvalue weighted by Crippen LogP contribution is -2.47. The molecule has 1 unspecified atom stereocenters. The van der Waals surface area contributed by atoms with E-state index in [0.717, 1.165) is 48.3 Å². The molecule has 2 aliphatic rings. The Hall–Kier alpha value is -2.78. The molecule has 1 atom stereocenters. The average molecular weight is 398 g/mol. The summed E-state index contributed by atoms with van der Waals surface area (Å²) in [6.07, 6.45) is 1.69. The fourth-order valence-corrected chi connectivity index (χ4v) is 4.33. The van der Waals surface area contributed by atoms with Crippen LogP contribution in [0.5, 0.6) is 0 Å². The van der Waals surface area contributed by atoms with E-state index in [1.54, 1.807) is 6.34 Å². The second kappa shape index (κ2) is 7.69. The molecule has 2 N–H and O–H groups in total. The van der Waals surface area contributed by atoms with Crippen LogP contribution in [0.1, 0.15) is 31.0 Å². The molecule has 2 aromatic rings. The van der Waals surface area contributed by atoms with Crippen molar-refractivity contribution in [2.45, 2.75) is 19.9 Å². The number of fused-ring (bicyclic) bond motifs is 1. The molecule has 0 bridgehead atoms. The van der Waals surface area contributed by atoms with Crippen molar-refractivity contribution in [3.63, 3.8) is 0 Å². The minimum absolute atomic E-state index is 0.130. The Morgan fingerprint density at radius 3 is 2.82 bits per heavy atom. The Bertz CT molecular complexity index is 930. The van der Waals surface area contributed by atoms with Gasteiger partial charge in [-0.2, -0.15) is 0 Å². The average Bonchev–Trinajstić information content (AvgIpc) is 3.15. The number of aliphatic imine (C=N–C) groups is 1. The fourth-order valence-electron chi connectivity index (χ4n) is 3.48. The standard InChI is InChI=1S/C19H23N7OS/c1-12-16-5-4-15(10-17(16)21-11-20-12)13(2)25-6-8-26(9-7-25)19-24-23-18(28-19)22-14(3)27/h4-5,10-11,13H,1,6-9H2,2-3H3,(H,20,21)(H,22,23,27). The van der Waals surface area contributed by atoms with Crippen molar-refractivity contribution in [3.8, 4) is 0 Å². The van der Waals surface area contributed by atoms with Crippen molar-refractivity contribution in [3.05, 3.63) is 35.9 Å². The summed E-state index contributed by atoms with van der Waals surface area (Å²) in [5.41, 5.74) is 4.15. The van der Waals surface area contributed by atoms with Crippen LogP contribution in [0.15, 0.2) is 29.8 Å². The van der Waals surface area contributed by atoms with Crippen LogP contribution in [-0.2, 0) is 4.79 Å². The first-order valence-electron chi connectivity index (χ1n) is 9.23. The van der Waals surface area contributed by atoms with E-state index in [2.05, 4.69) is 67.3 Å². The van der Waals surface area contributed by atoms with Crippen molar-refractivity contribution in [2.75, 3.05) is 36.4 Å². The Morgan fingerprint density at radius 2 is 2.07 bits per heavy atom. The van der Waals surface area contributed by atoms with Crippen molar-refractivity contribution in [1.82, 2.24) is 20.4 Å². The molecule has 9 heteroatoms. The van der Waals surface area contributed by atoms with E-state index in [1.807, 2.05) is 0 Å². The largest absolute Gasteiger partial charge is 0.346 e. The summed E-state index contributed by atoms with van der Waals surface area (Å²) in [7, 11) is 0. The Labute approximate surface area is 168 Å². The lowest BCUT2D eigenvalue weighted by molar-refractivity contribution is -0.114. The number of carbonyl (C=O) groups is 1. The molecule has 1 saturated heterocycles. The maximum Gasteiger partial charge on any atom is 0.223 e. The summed E-state index contributed by atoms with van der Waals surface area (Å²) in [6.45, 7) is 11.4. The van der Waals surface area contributed by atoms with E-state index in [1.165, 1.54) is 23.8 Å². The van der Waals surface area contributed by atoms with Gasteiger partial charge in [0.05, 0.1) is 12.0 Å². The Kier molecular flexibility index (Phi) is 5.10. The zero-order chi connectivity index (χ0) is 19.7.